The van der Waals surface area contributed by atoms with Crippen LogP contribution in [0.15, 0.2) is 12.5 Å². The predicted octanol–water partition coefficient (Wildman–Crippen LogP) is 0.718. The molecule has 6 heteroatoms. The van der Waals surface area contributed by atoms with Gasteiger partial charge in [0.2, 0.25) is 0 Å². The van der Waals surface area contributed by atoms with E-state index in [-0.39, 0.29) is 0 Å². The average molecular weight is 262 g/mol. The van der Waals surface area contributed by atoms with Crippen molar-refractivity contribution in [3.05, 3.63) is 18.1 Å². The van der Waals surface area contributed by atoms with Crippen molar-refractivity contribution in [2.24, 2.45) is 0 Å². The lowest BCUT2D eigenvalue weighted by atomic mass is 9.95. The molecule has 1 saturated heterocycles. The topological polar surface area (TPSA) is 74.3 Å². The van der Waals surface area contributed by atoms with E-state index in [2.05, 4.69) is 26.8 Å². The highest BCUT2D eigenvalue weighted by Crippen LogP contribution is 2.32. The lowest BCUT2D eigenvalue weighted by Gasteiger charge is -2.46. The van der Waals surface area contributed by atoms with Crippen molar-refractivity contribution in [1.29, 1.82) is 0 Å². The summed E-state index contributed by atoms with van der Waals surface area (Å²) in [5.74, 6) is 0.892. The van der Waals surface area contributed by atoms with Gasteiger partial charge in [0.1, 0.15) is 23.4 Å². The highest BCUT2D eigenvalue weighted by Gasteiger charge is 2.42. The van der Waals surface area contributed by atoms with Crippen molar-refractivity contribution in [3.8, 4) is 0 Å². The summed E-state index contributed by atoms with van der Waals surface area (Å²) in [7, 11) is 1.60. The van der Waals surface area contributed by atoms with E-state index in [0.29, 0.717) is 19.7 Å². The number of nitrogens with one attached hydrogen (secondary N) is 1. The summed E-state index contributed by atoms with van der Waals surface area (Å²) in [6.07, 6.45) is 4.46. The van der Waals surface area contributed by atoms with Crippen molar-refractivity contribution in [2.75, 3.05) is 31.7 Å². The first kappa shape index (κ1) is 12.4. The molecule has 1 aliphatic heterocycles. The summed E-state index contributed by atoms with van der Waals surface area (Å²) in [6.45, 7) is 3.55. The monoisotopic (exact) mass is 262 g/mol. The molecule has 0 atom stereocenters. The Hall–Kier alpha value is -1.66. The second-order valence-corrected chi connectivity index (χ2v) is 5.10. The number of aromatic amines is 1. The van der Waals surface area contributed by atoms with E-state index in [1.807, 2.05) is 6.20 Å². The number of fused-ring (bicyclic) bond motifs is 1. The van der Waals surface area contributed by atoms with Gasteiger partial charge in [0, 0.05) is 13.3 Å². The molecule has 6 nitrogen and oxygen atoms in total. The Labute approximate surface area is 111 Å². The van der Waals surface area contributed by atoms with Crippen LogP contribution in [0.2, 0.25) is 0 Å². The van der Waals surface area contributed by atoms with E-state index in [1.54, 1.807) is 13.4 Å². The molecule has 0 aliphatic carbocycles. The second-order valence-electron chi connectivity index (χ2n) is 5.10. The Morgan fingerprint density at radius 2 is 2.26 bits per heavy atom. The molecule has 2 aromatic heterocycles. The number of nitrogens with zero attached hydrogens (tertiary/aromatic N) is 3. The molecule has 0 unspecified atom stereocenters. The van der Waals surface area contributed by atoms with Crippen LogP contribution in [0.3, 0.4) is 0 Å². The lowest BCUT2D eigenvalue weighted by Crippen LogP contribution is -2.64. The number of ether oxygens (including phenoxy) is 1. The summed E-state index contributed by atoms with van der Waals surface area (Å²) in [5, 5.41) is 11.2. The molecule has 1 aliphatic rings. The molecule has 1 fully saturated rings. The van der Waals surface area contributed by atoms with Crippen LogP contribution in [0, 0.1) is 0 Å². The van der Waals surface area contributed by atoms with Gasteiger partial charge in [-0.3, -0.25) is 0 Å². The fourth-order valence-corrected chi connectivity index (χ4v) is 2.70. The molecule has 3 rings (SSSR count). The zero-order chi connectivity index (χ0) is 13.5. The van der Waals surface area contributed by atoms with Crippen LogP contribution in [0.25, 0.3) is 11.0 Å². The number of H-pyrrole nitrogens is 1. The molecule has 2 N–H and O–H groups in total. The van der Waals surface area contributed by atoms with Gasteiger partial charge in [-0.15, -0.1) is 0 Å². The third kappa shape index (κ3) is 1.97. The Balaban J connectivity index is 1.92. The number of anilines is 1. The maximum atomic E-state index is 10.2. The molecular formula is C13H18N4O2. The number of rotatable bonds is 4. The summed E-state index contributed by atoms with van der Waals surface area (Å²) >= 11 is 0. The first-order valence-corrected chi connectivity index (χ1v) is 6.44. The molecule has 2 aromatic rings. The minimum atomic E-state index is -0.755. The average Bonchev–Trinajstić information content (AvgIpc) is 2.79. The van der Waals surface area contributed by atoms with Gasteiger partial charge >= 0.3 is 0 Å². The van der Waals surface area contributed by atoms with Gasteiger partial charge in [-0.05, 0) is 12.0 Å². The maximum absolute atomic E-state index is 10.2. The van der Waals surface area contributed by atoms with Gasteiger partial charge in [-0.2, -0.15) is 0 Å². The molecule has 0 saturated carbocycles. The number of hydrogen-bond donors (Lipinski definition) is 2. The van der Waals surface area contributed by atoms with Gasteiger partial charge in [-0.1, -0.05) is 6.92 Å². The van der Waals surface area contributed by atoms with Gasteiger partial charge in [0.25, 0.3) is 0 Å². The zero-order valence-electron chi connectivity index (χ0n) is 11.2. The molecule has 0 aromatic carbocycles. The fraction of sp³-hybridized carbons (Fsp3) is 0.538. The van der Waals surface area contributed by atoms with E-state index in [0.717, 1.165) is 23.3 Å². The van der Waals surface area contributed by atoms with Crippen molar-refractivity contribution in [1.82, 2.24) is 15.0 Å². The minimum absolute atomic E-state index is 0.353. The molecule has 0 amide bonds. The number of aliphatic hydroxyl groups is 1. The number of aryl methyl sites for hydroxylation is 1. The first-order valence-electron chi connectivity index (χ1n) is 6.44. The van der Waals surface area contributed by atoms with Crippen LogP contribution < -0.4 is 4.90 Å². The van der Waals surface area contributed by atoms with E-state index in [1.165, 1.54) is 5.56 Å². The Morgan fingerprint density at radius 3 is 2.95 bits per heavy atom. The summed E-state index contributed by atoms with van der Waals surface area (Å²) in [4.78, 5) is 13.9. The van der Waals surface area contributed by atoms with Crippen molar-refractivity contribution >= 4 is 16.9 Å². The standard InChI is InChI=1S/C13H18N4O2/c1-3-9-4-14-11-10(9)12(16-8-15-11)17-5-13(18,6-17)7-19-2/h4,8,18H,3,5-7H2,1-2H3,(H,14,15,16). The fourth-order valence-electron chi connectivity index (χ4n) is 2.70. The molecule has 3 heterocycles. The Kier molecular flexibility index (Phi) is 2.91. The largest absolute Gasteiger partial charge is 0.384 e. The van der Waals surface area contributed by atoms with Crippen LogP contribution in [-0.2, 0) is 11.2 Å². The Morgan fingerprint density at radius 1 is 1.47 bits per heavy atom. The third-order valence-corrected chi connectivity index (χ3v) is 3.60. The van der Waals surface area contributed by atoms with Gasteiger partial charge < -0.3 is 19.7 Å². The highest BCUT2D eigenvalue weighted by atomic mass is 16.5. The molecular weight excluding hydrogens is 244 g/mol. The number of aromatic nitrogens is 3. The number of hydrogen-bond acceptors (Lipinski definition) is 5. The third-order valence-electron chi connectivity index (χ3n) is 3.60. The van der Waals surface area contributed by atoms with E-state index >= 15 is 0 Å². The molecule has 0 bridgehead atoms. The van der Waals surface area contributed by atoms with Crippen LogP contribution in [-0.4, -0.2) is 52.5 Å². The van der Waals surface area contributed by atoms with Crippen LogP contribution in [0.5, 0.6) is 0 Å². The maximum Gasteiger partial charge on any atom is 0.143 e. The molecule has 19 heavy (non-hydrogen) atoms. The van der Waals surface area contributed by atoms with Crippen molar-refractivity contribution in [3.63, 3.8) is 0 Å². The van der Waals surface area contributed by atoms with E-state index in [9.17, 15) is 5.11 Å². The van der Waals surface area contributed by atoms with Crippen molar-refractivity contribution < 1.29 is 9.84 Å². The summed E-state index contributed by atoms with van der Waals surface area (Å²) in [6, 6.07) is 0. The van der Waals surface area contributed by atoms with E-state index < -0.39 is 5.60 Å². The molecule has 0 radical (unpaired) electrons. The first-order chi connectivity index (χ1) is 9.17. The van der Waals surface area contributed by atoms with E-state index in [4.69, 9.17) is 4.74 Å². The molecule has 102 valence electrons. The van der Waals surface area contributed by atoms with Crippen LogP contribution in [0.1, 0.15) is 12.5 Å². The van der Waals surface area contributed by atoms with Crippen molar-refractivity contribution in [2.45, 2.75) is 18.9 Å². The zero-order valence-corrected chi connectivity index (χ0v) is 11.2. The predicted molar refractivity (Wildman–Crippen MR) is 72.3 cm³/mol. The second kappa shape index (κ2) is 4.47. The van der Waals surface area contributed by atoms with Gasteiger partial charge in [0.05, 0.1) is 25.1 Å². The summed E-state index contributed by atoms with van der Waals surface area (Å²) < 4.78 is 5.03. The number of β-amino-alcohol motifs (C(OH)–C–C–N with tert-alkyl or cyclic N) is 1. The van der Waals surface area contributed by atoms with Gasteiger partial charge in [-0.25, -0.2) is 9.97 Å². The smallest absolute Gasteiger partial charge is 0.143 e. The Bertz CT molecular complexity index is 589. The van der Waals surface area contributed by atoms with Gasteiger partial charge in [0.15, 0.2) is 0 Å². The quantitative estimate of drug-likeness (QED) is 0.849. The highest BCUT2D eigenvalue weighted by molar-refractivity contribution is 5.91. The summed E-state index contributed by atoms with van der Waals surface area (Å²) in [5.41, 5.74) is 1.30. The minimum Gasteiger partial charge on any atom is -0.384 e. The molecule has 0 spiro atoms. The number of methoxy groups -OCH3 is 1. The SMILES string of the molecule is CCc1c[nH]c2ncnc(N3CC(O)(COC)C3)c12. The van der Waals surface area contributed by atoms with Crippen LogP contribution in [0.4, 0.5) is 5.82 Å². The van der Waals surface area contributed by atoms with Crippen LogP contribution >= 0.6 is 0 Å². The normalized spacial score (nSPS) is 17.7. The lowest BCUT2D eigenvalue weighted by molar-refractivity contribution is -0.0505.